The van der Waals surface area contributed by atoms with Crippen LogP contribution in [0, 0.1) is 0 Å². The van der Waals surface area contributed by atoms with Crippen molar-refractivity contribution in [1.82, 2.24) is 0 Å². The molecule has 2 rings (SSSR count). The number of carboxylic acid groups (broad SMARTS) is 1. The zero-order chi connectivity index (χ0) is 17.7. The monoisotopic (exact) mass is 325 g/mol. The minimum Gasteiger partial charge on any atom is -0.481 e. The molecule has 0 unspecified atom stereocenters. The normalized spacial score (nSPS) is 12.9. The molecule has 0 heterocycles. The van der Waals surface area contributed by atoms with E-state index in [-0.39, 0.29) is 12.2 Å². The van der Waals surface area contributed by atoms with Gasteiger partial charge in [0.2, 0.25) is 5.91 Å². The van der Waals surface area contributed by atoms with Crippen molar-refractivity contribution in [2.45, 2.75) is 25.7 Å². The van der Waals surface area contributed by atoms with Gasteiger partial charge in [-0.3, -0.25) is 14.4 Å². The van der Waals surface area contributed by atoms with Gasteiger partial charge in [0.05, 0.1) is 5.41 Å². The van der Waals surface area contributed by atoms with Crippen LogP contribution in [0.15, 0.2) is 54.6 Å². The van der Waals surface area contributed by atoms with Gasteiger partial charge >= 0.3 is 5.97 Å². The lowest BCUT2D eigenvalue weighted by molar-refractivity contribution is -0.145. The van der Waals surface area contributed by atoms with Crippen molar-refractivity contribution in [3.63, 3.8) is 0 Å². The molecule has 2 aromatic carbocycles. The second-order valence-electron chi connectivity index (χ2n) is 5.87. The van der Waals surface area contributed by atoms with Crippen molar-refractivity contribution in [2.75, 3.05) is 5.32 Å². The second kappa shape index (κ2) is 7.08. The van der Waals surface area contributed by atoms with Crippen molar-refractivity contribution < 1.29 is 19.5 Å². The second-order valence-corrected chi connectivity index (χ2v) is 5.87. The number of aliphatic carboxylic acids is 1. The lowest BCUT2D eigenvalue weighted by Crippen LogP contribution is -2.36. The standard InChI is InChI=1S/C19H19NO4/c1-13(21)14-7-6-10-16(11-14)20-17(22)12-19(2,18(23)24)15-8-4-3-5-9-15/h3-11H,12H2,1-2H3,(H,20,22)(H,23,24)/t19-/m0/s1. The van der Waals surface area contributed by atoms with Crippen LogP contribution in [0.25, 0.3) is 0 Å². The topological polar surface area (TPSA) is 83.5 Å². The van der Waals surface area contributed by atoms with Crippen LogP contribution in [0.5, 0.6) is 0 Å². The molecule has 0 saturated carbocycles. The summed E-state index contributed by atoms with van der Waals surface area (Å²) in [6.07, 6.45) is -0.212. The third kappa shape index (κ3) is 3.87. The number of ketones is 1. The Morgan fingerprint density at radius 1 is 1.04 bits per heavy atom. The Labute approximate surface area is 140 Å². The van der Waals surface area contributed by atoms with Crippen LogP contribution >= 0.6 is 0 Å². The Morgan fingerprint density at radius 2 is 1.71 bits per heavy atom. The largest absolute Gasteiger partial charge is 0.481 e. The molecule has 0 fully saturated rings. The lowest BCUT2D eigenvalue weighted by Gasteiger charge is -2.24. The van der Waals surface area contributed by atoms with Crippen molar-refractivity contribution in [3.05, 3.63) is 65.7 Å². The fourth-order valence-electron chi connectivity index (χ4n) is 2.45. The number of hydrogen-bond acceptors (Lipinski definition) is 3. The predicted octanol–water partition coefficient (Wildman–Crippen LogP) is 3.26. The summed E-state index contributed by atoms with van der Waals surface area (Å²) in [4.78, 5) is 35.5. The third-order valence-electron chi connectivity index (χ3n) is 3.95. The number of amides is 1. The Bertz CT molecular complexity index is 770. The number of carbonyl (C=O) groups is 3. The molecule has 1 atom stereocenters. The lowest BCUT2D eigenvalue weighted by atomic mass is 9.79. The Hall–Kier alpha value is -2.95. The molecule has 0 saturated heterocycles. The minimum absolute atomic E-state index is 0.106. The third-order valence-corrected chi connectivity index (χ3v) is 3.95. The number of Topliss-reactive ketones (excluding diaryl/α,β-unsaturated/α-hetero) is 1. The molecule has 0 radical (unpaired) electrons. The molecule has 5 nitrogen and oxygen atoms in total. The van der Waals surface area contributed by atoms with Crippen molar-refractivity contribution in [1.29, 1.82) is 0 Å². The number of carbonyl (C=O) groups excluding carboxylic acids is 2. The van der Waals surface area contributed by atoms with E-state index in [0.29, 0.717) is 16.8 Å². The summed E-state index contributed by atoms with van der Waals surface area (Å²) in [5, 5.41) is 12.3. The van der Waals surface area contributed by atoms with Crippen LogP contribution in [0.1, 0.15) is 36.2 Å². The van der Waals surface area contributed by atoms with Crippen molar-refractivity contribution in [2.24, 2.45) is 0 Å². The Kier molecular flexibility index (Phi) is 5.14. The van der Waals surface area contributed by atoms with Crippen LogP contribution in [-0.2, 0) is 15.0 Å². The summed E-state index contributed by atoms with van der Waals surface area (Å²) in [6, 6.07) is 15.2. The van der Waals surface area contributed by atoms with E-state index in [1.54, 1.807) is 54.6 Å². The molecule has 0 bridgehead atoms. The maximum absolute atomic E-state index is 12.3. The molecular formula is C19H19NO4. The van der Waals surface area contributed by atoms with Gasteiger partial charge in [-0.05, 0) is 31.5 Å². The molecule has 2 N–H and O–H groups in total. The number of anilines is 1. The number of hydrogen-bond donors (Lipinski definition) is 2. The molecule has 124 valence electrons. The van der Waals surface area contributed by atoms with E-state index in [1.807, 2.05) is 0 Å². The molecule has 0 aliphatic carbocycles. The Balaban J connectivity index is 2.19. The van der Waals surface area contributed by atoms with Gasteiger partial charge in [0.25, 0.3) is 0 Å². The van der Waals surface area contributed by atoms with Gasteiger partial charge in [-0.15, -0.1) is 0 Å². The first-order valence-electron chi connectivity index (χ1n) is 7.53. The highest BCUT2D eigenvalue weighted by molar-refractivity contribution is 5.98. The van der Waals surface area contributed by atoms with E-state index in [0.717, 1.165) is 0 Å². The van der Waals surface area contributed by atoms with E-state index < -0.39 is 17.3 Å². The average Bonchev–Trinajstić information content (AvgIpc) is 2.55. The number of rotatable bonds is 6. The van der Waals surface area contributed by atoms with Crippen molar-refractivity contribution >= 4 is 23.3 Å². The fraction of sp³-hybridized carbons (Fsp3) is 0.211. The summed E-state index contributed by atoms with van der Waals surface area (Å²) < 4.78 is 0. The van der Waals surface area contributed by atoms with Crippen LogP contribution in [0.4, 0.5) is 5.69 Å². The van der Waals surface area contributed by atoms with Gasteiger partial charge in [0.15, 0.2) is 5.78 Å². The highest BCUT2D eigenvalue weighted by Crippen LogP contribution is 2.28. The quantitative estimate of drug-likeness (QED) is 0.799. The van der Waals surface area contributed by atoms with Gasteiger partial charge in [0, 0.05) is 17.7 Å². The number of benzene rings is 2. The summed E-state index contributed by atoms with van der Waals surface area (Å²) in [7, 11) is 0. The maximum Gasteiger partial charge on any atom is 0.314 e. The van der Waals surface area contributed by atoms with Crippen molar-refractivity contribution in [3.8, 4) is 0 Å². The Morgan fingerprint density at radius 3 is 2.29 bits per heavy atom. The highest BCUT2D eigenvalue weighted by atomic mass is 16.4. The molecule has 5 heteroatoms. The van der Waals surface area contributed by atoms with Gasteiger partial charge in [0.1, 0.15) is 0 Å². The first-order chi connectivity index (χ1) is 11.3. The summed E-state index contributed by atoms with van der Waals surface area (Å²) in [5.74, 6) is -1.60. The number of nitrogens with one attached hydrogen (secondary N) is 1. The molecule has 0 aromatic heterocycles. The molecule has 0 spiro atoms. The van der Waals surface area contributed by atoms with Crippen LogP contribution < -0.4 is 5.32 Å². The van der Waals surface area contributed by atoms with Gasteiger partial charge < -0.3 is 10.4 Å². The predicted molar refractivity (Wildman–Crippen MR) is 91.1 cm³/mol. The zero-order valence-corrected chi connectivity index (χ0v) is 13.6. The van der Waals surface area contributed by atoms with Gasteiger partial charge in [-0.1, -0.05) is 42.5 Å². The number of carboxylic acids is 1. The molecule has 2 aromatic rings. The van der Waals surface area contributed by atoms with E-state index in [2.05, 4.69) is 5.32 Å². The average molecular weight is 325 g/mol. The van der Waals surface area contributed by atoms with E-state index in [1.165, 1.54) is 13.8 Å². The summed E-state index contributed by atoms with van der Waals surface area (Å²) >= 11 is 0. The van der Waals surface area contributed by atoms with E-state index >= 15 is 0 Å². The first-order valence-corrected chi connectivity index (χ1v) is 7.53. The van der Waals surface area contributed by atoms with E-state index in [4.69, 9.17) is 0 Å². The summed E-state index contributed by atoms with van der Waals surface area (Å²) in [6.45, 7) is 2.97. The van der Waals surface area contributed by atoms with Gasteiger partial charge in [-0.2, -0.15) is 0 Å². The molecule has 0 aliphatic heterocycles. The SMILES string of the molecule is CC(=O)c1cccc(NC(=O)C[C@](C)(C(=O)O)c2ccccc2)c1. The van der Waals surface area contributed by atoms with Crippen LogP contribution in [0.2, 0.25) is 0 Å². The summed E-state index contributed by atoms with van der Waals surface area (Å²) in [5.41, 5.74) is 0.180. The highest BCUT2D eigenvalue weighted by Gasteiger charge is 2.37. The van der Waals surface area contributed by atoms with Crippen LogP contribution in [-0.4, -0.2) is 22.8 Å². The smallest absolute Gasteiger partial charge is 0.314 e. The van der Waals surface area contributed by atoms with E-state index in [9.17, 15) is 19.5 Å². The van der Waals surface area contributed by atoms with Crippen LogP contribution in [0.3, 0.4) is 0 Å². The minimum atomic E-state index is -1.33. The first kappa shape index (κ1) is 17.4. The molecule has 24 heavy (non-hydrogen) atoms. The molecular weight excluding hydrogens is 306 g/mol. The maximum atomic E-state index is 12.3. The molecule has 0 aliphatic rings. The van der Waals surface area contributed by atoms with Gasteiger partial charge in [-0.25, -0.2) is 0 Å². The fourth-order valence-corrected chi connectivity index (χ4v) is 2.45. The zero-order valence-electron chi connectivity index (χ0n) is 13.6. The molecule has 1 amide bonds.